The van der Waals surface area contributed by atoms with Crippen LogP contribution in [0.4, 0.5) is 0 Å². The Hall–Kier alpha value is -1.10. The molecule has 0 aromatic heterocycles. The molecule has 1 nitrogen and oxygen atoms in total. The molecule has 1 aliphatic heterocycles. The first kappa shape index (κ1) is 17.3. The average Bonchev–Trinajstić information content (AvgIpc) is 2.65. The molecule has 128 valence electrons. The molecule has 0 spiro atoms. The lowest BCUT2D eigenvalue weighted by molar-refractivity contribution is 0.371. The van der Waals surface area contributed by atoms with Gasteiger partial charge in [-0.1, -0.05) is 88.5 Å². The Morgan fingerprint density at radius 1 is 1.08 bits per heavy atom. The molecule has 1 fully saturated rings. The van der Waals surface area contributed by atoms with Crippen molar-refractivity contribution in [1.82, 2.24) is 4.90 Å². The maximum Gasteiger partial charge on any atom is 0.141 e. The van der Waals surface area contributed by atoms with Crippen molar-refractivity contribution in [2.24, 2.45) is 5.92 Å². The summed E-state index contributed by atoms with van der Waals surface area (Å²) in [7, 11) is 0. The minimum atomic E-state index is 0.430. The first-order valence-corrected chi connectivity index (χ1v) is 10.8. The molecule has 0 amide bonds. The van der Waals surface area contributed by atoms with E-state index in [1.165, 1.54) is 29.7 Å². The molecule has 2 aliphatic rings. The van der Waals surface area contributed by atoms with Crippen LogP contribution in [-0.4, -0.2) is 9.22 Å². The van der Waals surface area contributed by atoms with E-state index in [0.29, 0.717) is 11.2 Å². The van der Waals surface area contributed by atoms with E-state index in [4.69, 9.17) is 12.2 Å². The van der Waals surface area contributed by atoms with Gasteiger partial charge in [-0.3, -0.25) is 0 Å². The maximum atomic E-state index is 5.84. The summed E-state index contributed by atoms with van der Waals surface area (Å²) in [5.74, 6) is 0.551. The third kappa shape index (κ3) is 3.71. The van der Waals surface area contributed by atoms with E-state index >= 15 is 0 Å². The normalized spacial score (nSPS) is 23.2. The molecule has 1 heterocycles. The van der Waals surface area contributed by atoms with Gasteiger partial charge in [0.15, 0.2) is 0 Å². The number of allylic oxidation sites excluding steroid dienone is 2. The molecule has 4 rings (SSSR count). The Morgan fingerprint density at radius 2 is 1.84 bits per heavy atom. The molecule has 1 aliphatic carbocycles. The predicted molar refractivity (Wildman–Crippen MR) is 114 cm³/mol. The van der Waals surface area contributed by atoms with Crippen LogP contribution in [0.3, 0.4) is 0 Å². The van der Waals surface area contributed by atoms with Gasteiger partial charge >= 0.3 is 0 Å². The van der Waals surface area contributed by atoms with Crippen molar-refractivity contribution in [1.29, 1.82) is 0 Å². The van der Waals surface area contributed by atoms with Crippen molar-refractivity contribution in [2.75, 3.05) is 0 Å². The number of nitrogens with zero attached hydrogens (tertiary/aromatic N) is 1. The zero-order valence-corrected chi connectivity index (χ0v) is 17.1. The third-order valence-electron chi connectivity index (χ3n) is 4.96. The second-order valence-electron chi connectivity index (χ2n) is 6.59. The molecule has 2 aromatic rings. The van der Waals surface area contributed by atoms with Crippen LogP contribution in [0.1, 0.15) is 35.6 Å². The molecule has 25 heavy (non-hydrogen) atoms. The topological polar surface area (TPSA) is 3.24 Å². The fourth-order valence-electron chi connectivity index (χ4n) is 3.74. The van der Waals surface area contributed by atoms with Crippen molar-refractivity contribution in [2.45, 2.75) is 31.1 Å². The second kappa shape index (κ2) is 7.65. The maximum absolute atomic E-state index is 5.84. The Bertz CT molecular complexity index is 785. The number of halogens is 1. The number of benzene rings is 2. The molecular weight excluding hydrogens is 410 g/mol. The molecule has 1 saturated heterocycles. The van der Waals surface area contributed by atoms with Gasteiger partial charge in [-0.2, -0.15) is 0 Å². The molecule has 4 heteroatoms. The fraction of sp³-hybridized carbons (Fsp3) is 0.286. The van der Waals surface area contributed by atoms with E-state index in [9.17, 15) is 0 Å². The van der Waals surface area contributed by atoms with Crippen molar-refractivity contribution in [3.63, 3.8) is 0 Å². The summed E-state index contributed by atoms with van der Waals surface area (Å²) in [5, 5.41) is 0.430. The van der Waals surface area contributed by atoms with Crippen molar-refractivity contribution in [3.05, 3.63) is 82.0 Å². The minimum Gasteiger partial charge on any atom is -0.327 e. The summed E-state index contributed by atoms with van der Waals surface area (Å²) >= 11 is 11.2. The van der Waals surface area contributed by atoms with Crippen molar-refractivity contribution in [3.8, 4) is 0 Å². The van der Waals surface area contributed by atoms with Gasteiger partial charge in [0.25, 0.3) is 0 Å². The van der Waals surface area contributed by atoms with E-state index in [-0.39, 0.29) is 0 Å². The zero-order chi connectivity index (χ0) is 17.2. The standard InChI is InChI=1S/C21H20BrNS2/c22-17-12-10-16(11-13-17)20-18-8-4-5-9-19(18)23(21(24)25-20)14-15-6-2-1-3-7-15/h1-3,6-7,9-13,18,20H,4-5,8,14H2/t18-,20-/m1/s1. The highest BCUT2D eigenvalue weighted by molar-refractivity contribution is 9.10. The van der Waals surface area contributed by atoms with Crippen LogP contribution in [-0.2, 0) is 6.54 Å². The second-order valence-corrected chi connectivity index (χ2v) is 9.29. The molecule has 0 unspecified atom stereocenters. The molecule has 2 atom stereocenters. The number of thioether (sulfide) groups is 1. The number of rotatable bonds is 3. The predicted octanol–water partition coefficient (Wildman–Crippen LogP) is 6.71. The van der Waals surface area contributed by atoms with Crippen LogP contribution in [0.2, 0.25) is 0 Å². The highest BCUT2D eigenvalue weighted by Crippen LogP contribution is 2.50. The Labute approximate surface area is 167 Å². The Kier molecular flexibility index (Phi) is 5.30. The zero-order valence-electron chi connectivity index (χ0n) is 13.9. The molecule has 0 saturated carbocycles. The first-order chi connectivity index (χ1) is 12.2. The monoisotopic (exact) mass is 429 g/mol. The molecule has 0 N–H and O–H groups in total. The summed E-state index contributed by atoms with van der Waals surface area (Å²) in [6, 6.07) is 19.4. The van der Waals surface area contributed by atoms with Crippen LogP contribution in [0, 0.1) is 5.92 Å². The first-order valence-electron chi connectivity index (χ1n) is 8.70. The van der Waals surface area contributed by atoms with Gasteiger partial charge < -0.3 is 4.90 Å². The van der Waals surface area contributed by atoms with Gasteiger partial charge in [0, 0.05) is 27.9 Å². The highest BCUT2D eigenvalue weighted by Gasteiger charge is 2.38. The average molecular weight is 430 g/mol. The van der Waals surface area contributed by atoms with Crippen LogP contribution in [0.15, 0.2) is 70.8 Å². The molecule has 0 bridgehead atoms. The summed E-state index contributed by atoms with van der Waals surface area (Å²) in [5.41, 5.74) is 4.14. The van der Waals surface area contributed by atoms with Crippen molar-refractivity contribution >= 4 is 44.2 Å². The quantitative estimate of drug-likeness (QED) is 0.499. The van der Waals surface area contributed by atoms with Gasteiger partial charge in [0.2, 0.25) is 0 Å². The minimum absolute atomic E-state index is 0.430. The molecular formula is C21H20BrNS2. The van der Waals surface area contributed by atoms with E-state index in [1.54, 1.807) is 0 Å². The van der Waals surface area contributed by atoms with E-state index in [1.807, 2.05) is 11.8 Å². The number of hydrogen-bond donors (Lipinski definition) is 0. The smallest absolute Gasteiger partial charge is 0.141 e. The highest BCUT2D eigenvalue weighted by atomic mass is 79.9. The van der Waals surface area contributed by atoms with Gasteiger partial charge in [-0.05, 0) is 42.5 Å². The van der Waals surface area contributed by atoms with Gasteiger partial charge in [-0.25, -0.2) is 0 Å². The number of fused-ring (bicyclic) bond motifs is 1. The number of thiocarbonyl (C=S) groups is 1. The van der Waals surface area contributed by atoms with Gasteiger partial charge in [-0.15, -0.1) is 0 Å². The SMILES string of the molecule is S=C1S[C@H](c2ccc(Br)cc2)[C@@H]2CCCC=C2N1Cc1ccccc1. The van der Waals surface area contributed by atoms with Crippen LogP contribution in [0.25, 0.3) is 0 Å². The largest absolute Gasteiger partial charge is 0.327 e. The molecule has 0 radical (unpaired) electrons. The van der Waals surface area contributed by atoms with Crippen LogP contribution in [0.5, 0.6) is 0 Å². The molecule has 2 aromatic carbocycles. The van der Waals surface area contributed by atoms with Crippen molar-refractivity contribution < 1.29 is 0 Å². The Balaban J connectivity index is 1.64. The van der Waals surface area contributed by atoms with E-state index in [0.717, 1.165) is 21.8 Å². The summed E-state index contributed by atoms with van der Waals surface area (Å²) < 4.78 is 2.13. The summed E-state index contributed by atoms with van der Waals surface area (Å²) in [6.07, 6.45) is 6.10. The van der Waals surface area contributed by atoms with Gasteiger partial charge in [0.05, 0.1) is 0 Å². The van der Waals surface area contributed by atoms with E-state index < -0.39 is 0 Å². The number of hydrogen-bond acceptors (Lipinski definition) is 2. The lowest BCUT2D eigenvalue weighted by atomic mass is 9.85. The third-order valence-corrected chi connectivity index (χ3v) is 7.27. The van der Waals surface area contributed by atoms with Crippen LogP contribution < -0.4 is 0 Å². The van der Waals surface area contributed by atoms with Gasteiger partial charge in [0.1, 0.15) is 4.32 Å². The van der Waals surface area contributed by atoms with E-state index in [2.05, 4.69) is 81.5 Å². The Morgan fingerprint density at radius 3 is 2.60 bits per heavy atom. The lowest BCUT2D eigenvalue weighted by Gasteiger charge is -2.44. The fourth-order valence-corrected chi connectivity index (χ4v) is 5.73. The van der Waals surface area contributed by atoms with Crippen LogP contribution >= 0.6 is 39.9 Å². The summed E-state index contributed by atoms with van der Waals surface area (Å²) in [4.78, 5) is 2.37. The summed E-state index contributed by atoms with van der Waals surface area (Å²) in [6.45, 7) is 0.877. The lowest BCUT2D eigenvalue weighted by Crippen LogP contribution is -2.38.